The van der Waals surface area contributed by atoms with Gasteiger partial charge in [-0.15, -0.1) is 5.10 Å². The molecule has 2 aromatic rings. The highest BCUT2D eigenvalue weighted by Gasteiger charge is 2.14. The normalized spacial score (nSPS) is 9.90. The van der Waals surface area contributed by atoms with Crippen molar-refractivity contribution in [2.24, 2.45) is 0 Å². The molecule has 0 atom stereocenters. The molecule has 0 fully saturated rings. The lowest BCUT2D eigenvalue weighted by Gasteiger charge is -2.12. The number of nitrogens with zero attached hydrogens (tertiary/aromatic N) is 3. The summed E-state index contributed by atoms with van der Waals surface area (Å²) >= 11 is 0. The van der Waals surface area contributed by atoms with Gasteiger partial charge < -0.3 is 9.47 Å². The lowest BCUT2D eigenvalue weighted by atomic mass is 10.1. The van der Waals surface area contributed by atoms with Crippen LogP contribution in [0.15, 0.2) is 24.3 Å². The van der Waals surface area contributed by atoms with Crippen LogP contribution in [-0.4, -0.2) is 16.8 Å². The highest BCUT2D eigenvalue weighted by Crippen LogP contribution is 2.32. The van der Waals surface area contributed by atoms with Crippen molar-refractivity contribution >= 4 is 0 Å². The monoisotopic (exact) mass is 269 g/mol. The number of hydrogen-bond donors (Lipinski definition) is 0. The van der Waals surface area contributed by atoms with E-state index in [1.807, 2.05) is 26.0 Å². The Morgan fingerprint density at radius 1 is 1.15 bits per heavy atom. The van der Waals surface area contributed by atoms with Gasteiger partial charge in [0.05, 0.1) is 12.3 Å². The maximum absolute atomic E-state index is 9.25. The van der Waals surface area contributed by atoms with Gasteiger partial charge in [0.25, 0.3) is 5.88 Å². The summed E-state index contributed by atoms with van der Waals surface area (Å²) in [4.78, 5) is 0. The fraction of sp³-hybridized carbons (Fsp3) is 0.267. The first-order valence-electron chi connectivity index (χ1n) is 6.31. The van der Waals surface area contributed by atoms with Crippen molar-refractivity contribution in [1.29, 1.82) is 5.26 Å². The second-order valence-electron chi connectivity index (χ2n) is 4.18. The Morgan fingerprint density at radius 2 is 1.85 bits per heavy atom. The number of aryl methyl sites for hydroxylation is 1. The largest absolute Gasteiger partial charge is 0.490 e. The van der Waals surface area contributed by atoms with Gasteiger partial charge in [0.2, 0.25) is 0 Å². The molecule has 0 radical (unpaired) electrons. The van der Waals surface area contributed by atoms with E-state index in [0.717, 1.165) is 5.56 Å². The van der Waals surface area contributed by atoms with Crippen LogP contribution < -0.4 is 9.47 Å². The van der Waals surface area contributed by atoms with E-state index in [4.69, 9.17) is 9.47 Å². The van der Waals surface area contributed by atoms with Crippen LogP contribution in [0.1, 0.15) is 23.7 Å². The predicted octanol–water partition coefficient (Wildman–Crippen LogP) is 3.16. The van der Waals surface area contributed by atoms with Gasteiger partial charge in [-0.25, -0.2) is 0 Å². The van der Waals surface area contributed by atoms with Crippen LogP contribution in [0.25, 0.3) is 0 Å². The number of rotatable bonds is 4. The number of hydrogen-bond acceptors (Lipinski definition) is 5. The minimum atomic E-state index is 0.197. The highest BCUT2D eigenvalue weighted by atomic mass is 16.5. The Bertz CT molecular complexity index is 663. The molecule has 20 heavy (non-hydrogen) atoms. The fourth-order valence-corrected chi connectivity index (χ4v) is 1.70. The van der Waals surface area contributed by atoms with Crippen LogP contribution in [0.4, 0.5) is 0 Å². The van der Waals surface area contributed by atoms with E-state index in [0.29, 0.717) is 29.4 Å². The van der Waals surface area contributed by atoms with Crippen molar-refractivity contribution in [3.8, 4) is 23.4 Å². The van der Waals surface area contributed by atoms with Gasteiger partial charge in [0.1, 0.15) is 11.6 Å². The topological polar surface area (TPSA) is 68.0 Å². The summed E-state index contributed by atoms with van der Waals surface area (Å²) in [6, 6.07) is 9.37. The summed E-state index contributed by atoms with van der Waals surface area (Å²) in [5.41, 5.74) is 1.88. The average Bonchev–Trinajstić information content (AvgIpc) is 2.45. The molecule has 102 valence electrons. The maximum atomic E-state index is 9.25. The van der Waals surface area contributed by atoms with Crippen LogP contribution in [0, 0.1) is 25.2 Å². The summed E-state index contributed by atoms with van der Waals surface area (Å²) in [5.74, 6) is 1.32. The second-order valence-corrected chi connectivity index (χ2v) is 4.18. The van der Waals surface area contributed by atoms with Crippen LogP contribution in [-0.2, 0) is 0 Å². The standard InChI is InChI=1S/C15H15N3O2/c1-4-19-13-7-5-6-8-14(13)20-15-12(9-16)10(2)11(3)17-18-15/h5-8H,4H2,1-3H3. The SMILES string of the molecule is CCOc1ccccc1Oc1nnc(C)c(C)c1C#N. The van der Waals surface area contributed by atoms with Gasteiger partial charge in [0.15, 0.2) is 11.5 Å². The molecule has 0 N–H and O–H groups in total. The zero-order valence-corrected chi connectivity index (χ0v) is 11.7. The molecule has 0 aliphatic heterocycles. The number of para-hydroxylation sites is 2. The first-order valence-corrected chi connectivity index (χ1v) is 6.31. The third-order valence-electron chi connectivity index (χ3n) is 2.89. The number of benzene rings is 1. The molecule has 0 bridgehead atoms. The van der Waals surface area contributed by atoms with E-state index in [9.17, 15) is 5.26 Å². The van der Waals surface area contributed by atoms with Crippen LogP contribution in [0.3, 0.4) is 0 Å². The van der Waals surface area contributed by atoms with Crippen molar-refractivity contribution in [3.63, 3.8) is 0 Å². The minimum absolute atomic E-state index is 0.197. The molecule has 0 saturated carbocycles. The maximum Gasteiger partial charge on any atom is 0.257 e. The van der Waals surface area contributed by atoms with Crippen LogP contribution in [0.5, 0.6) is 17.4 Å². The summed E-state index contributed by atoms with van der Waals surface area (Å²) in [5, 5.41) is 17.2. The van der Waals surface area contributed by atoms with E-state index in [1.165, 1.54) is 0 Å². The van der Waals surface area contributed by atoms with E-state index < -0.39 is 0 Å². The molecule has 0 saturated heterocycles. The van der Waals surface area contributed by atoms with Crippen LogP contribution >= 0.6 is 0 Å². The Labute approximate surface area is 117 Å². The second kappa shape index (κ2) is 6.02. The summed E-state index contributed by atoms with van der Waals surface area (Å²) in [6.07, 6.45) is 0. The summed E-state index contributed by atoms with van der Waals surface area (Å²) < 4.78 is 11.2. The molecular weight excluding hydrogens is 254 g/mol. The number of nitriles is 1. The molecule has 2 rings (SSSR count). The quantitative estimate of drug-likeness (QED) is 0.852. The van der Waals surface area contributed by atoms with Gasteiger partial charge in [0, 0.05) is 0 Å². The summed E-state index contributed by atoms with van der Waals surface area (Å²) in [7, 11) is 0. The molecule has 1 aromatic carbocycles. The first kappa shape index (κ1) is 13.8. The van der Waals surface area contributed by atoms with Gasteiger partial charge in [-0.3, -0.25) is 0 Å². The first-order chi connectivity index (χ1) is 9.67. The lowest BCUT2D eigenvalue weighted by molar-refractivity contribution is 0.318. The smallest absolute Gasteiger partial charge is 0.257 e. The fourth-order valence-electron chi connectivity index (χ4n) is 1.70. The van der Waals surface area contributed by atoms with Crippen molar-refractivity contribution in [1.82, 2.24) is 10.2 Å². The van der Waals surface area contributed by atoms with Gasteiger partial charge in [-0.1, -0.05) is 12.1 Å². The molecule has 5 heteroatoms. The van der Waals surface area contributed by atoms with E-state index in [-0.39, 0.29) is 5.88 Å². The van der Waals surface area contributed by atoms with Crippen LogP contribution in [0.2, 0.25) is 0 Å². The van der Waals surface area contributed by atoms with Gasteiger partial charge in [-0.05, 0) is 38.5 Å². The molecule has 5 nitrogen and oxygen atoms in total. The summed E-state index contributed by atoms with van der Waals surface area (Å²) in [6.45, 7) is 6.06. The number of ether oxygens (including phenoxy) is 2. The zero-order valence-electron chi connectivity index (χ0n) is 11.7. The molecule has 1 heterocycles. The van der Waals surface area contributed by atoms with Crippen molar-refractivity contribution in [3.05, 3.63) is 41.1 Å². The van der Waals surface area contributed by atoms with Crippen molar-refractivity contribution in [2.45, 2.75) is 20.8 Å². The van der Waals surface area contributed by atoms with E-state index in [2.05, 4.69) is 16.3 Å². The molecule has 1 aromatic heterocycles. The van der Waals surface area contributed by atoms with E-state index in [1.54, 1.807) is 19.1 Å². The number of aromatic nitrogens is 2. The van der Waals surface area contributed by atoms with Gasteiger partial charge in [-0.2, -0.15) is 10.4 Å². The molecule has 0 aliphatic carbocycles. The molecule has 0 amide bonds. The van der Waals surface area contributed by atoms with Crippen molar-refractivity contribution < 1.29 is 9.47 Å². The Morgan fingerprint density at radius 3 is 2.50 bits per heavy atom. The van der Waals surface area contributed by atoms with E-state index >= 15 is 0 Å². The third kappa shape index (κ3) is 2.69. The predicted molar refractivity (Wildman–Crippen MR) is 73.9 cm³/mol. The molecule has 0 aliphatic rings. The molecular formula is C15H15N3O2. The molecule has 0 unspecified atom stereocenters. The third-order valence-corrected chi connectivity index (χ3v) is 2.89. The Hall–Kier alpha value is -2.61. The Kier molecular flexibility index (Phi) is 4.16. The Balaban J connectivity index is 2.41. The van der Waals surface area contributed by atoms with Gasteiger partial charge >= 0.3 is 0 Å². The zero-order chi connectivity index (χ0) is 14.5. The lowest BCUT2D eigenvalue weighted by Crippen LogP contribution is -2.01. The highest BCUT2D eigenvalue weighted by molar-refractivity contribution is 5.48. The average molecular weight is 269 g/mol. The minimum Gasteiger partial charge on any atom is -0.490 e. The van der Waals surface area contributed by atoms with Crippen molar-refractivity contribution in [2.75, 3.05) is 6.61 Å². The molecule has 0 spiro atoms.